The predicted octanol–water partition coefficient (Wildman–Crippen LogP) is 2.94. The minimum absolute atomic E-state index is 0.0595. The molecule has 0 aromatic carbocycles. The summed E-state index contributed by atoms with van der Waals surface area (Å²) < 4.78 is 5.54. The van der Waals surface area contributed by atoms with Crippen molar-refractivity contribution in [3.63, 3.8) is 0 Å². The summed E-state index contributed by atoms with van der Waals surface area (Å²) in [6, 6.07) is 1.85. The molecule has 19 heavy (non-hydrogen) atoms. The number of oxazole rings is 1. The number of nitrogens with one attached hydrogen (secondary N) is 1. The molecule has 0 fully saturated rings. The molecule has 0 aliphatic carbocycles. The van der Waals surface area contributed by atoms with E-state index < -0.39 is 0 Å². The summed E-state index contributed by atoms with van der Waals surface area (Å²) in [5.41, 5.74) is -0.0595. The van der Waals surface area contributed by atoms with Crippen molar-refractivity contribution >= 4 is 5.82 Å². The average molecular weight is 260 g/mol. The first kappa shape index (κ1) is 13.5. The van der Waals surface area contributed by atoms with E-state index >= 15 is 0 Å². The molecule has 0 amide bonds. The normalized spacial score (nSPS) is 11.6. The molecule has 0 aliphatic rings. The summed E-state index contributed by atoms with van der Waals surface area (Å²) in [5, 5.41) is 3.20. The molecule has 2 rings (SSSR count). The van der Waals surface area contributed by atoms with Gasteiger partial charge in [0.25, 0.3) is 0 Å². The van der Waals surface area contributed by atoms with Gasteiger partial charge in [-0.15, -0.1) is 0 Å². The lowest BCUT2D eigenvalue weighted by Gasteiger charge is -2.16. The highest BCUT2D eigenvalue weighted by Crippen LogP contribution is 2.19. The number of hydrogen-bond donors (Lipinski definition) is 1. The first-order valence-electron chi connectivity index (χ1n) is 6.50. The van der Waals surface area contributed by atoms with Crippen molar-refractivity contribution in [1.29, 1.82) is 0 Å². The number of anilines is 1. The topological polar surface area (TPSA) is 63.8 Å². The van der Waals surface area contributed by atoms with Crippen LogP contribution in [-0.2, 0) is 18.4 Å². The zero-order valence-corrected chi connectivity index (χ0v) is 11.9. The van der Waals surface area contributed by atoms with Crippen LogP contribution in [0.15, 0.2) is 22.9 Å². The summed E-state index contributed by atoms with van der Waals surface area (Å²) >= 11 is 0. The number of nitrogens with zero attached hydrogens (tertiary/aromatic N) is 3. The van der Waals surface area contributed by atoms with Gasteiger partial charge in [0.15, 0.2) is 0 Å². The lowest BCUT2D eigenvalue weighted by Crippen LogP contribution is -2.16. The minimum Gasteiger partial charge on any atom is -0.444 e. The zero-order valence-electron chi connectivity index (χ0n) is 11.9. The van der Waals surface area contributed by atoms with Crippen LogP contribution in [0.2, 0.25) is 0 Å². The van der Waals surface area contributed by atoms with Crippen molar-refractivity contribution in [1.82, 2.24) is 15.0 Å². The number of aromatic nitrogens is 3. The third-order valence-electron chi connectivity index (χ3n) is 2.70. The van der Waals surface area contributed by atoms with Crippen LogP contribution in [-0.4, -0.2) is 15.0 Å². The number of aryl methyl sites for hydroxylation is 1. The van der Waals surface area contributed by atoms with E-state index in [9.17, 15) is 0 Å². The van der Waals surface area contributed by atoms with E-state index in [-0.39, 0.29) is 5.41 Å². The fourth-order valence-electron chi connectivity index (χ4n) is 1.58. The van der Waals surface area contributed by atoms with E-state index in [4.69, 9.17) is 4.42 Å². The third kappa shape index (κ3) is 3.53. The van der Waals surface area contributed by atoms with Gasteiger partial charge in [0.1, 0.15) is 17.4 Å². The molecule has 0 unspecified atom stereocenters. The quantitative estimate of drug-likeness (QED) is 0.915. The van der Waals surface area contributed by atoms with Gasteiger partial charge in [0.05, 0.1) is 12.7 Å². The van der Waals surface area contributed by atoms with Crippen LogP contribution in [0.25, 0.3) is 0 Å². The van der Waals surface area contributed by atoms with Crippen molar-refractivity contribution in [2.75, 3.05) is 5.32 Å². The summed E-state index contributed by atoms with van der Waals surface area (Å²) in [6.45, 7) is 8.84. The van der Waals surface area contributed by atoms with Gasteiger partial charge in [0.2, 0.25) is 5.89 Å². The number of hydrogen-bond acceptors (Lipinski definition) is 5. The molecule has 0 spiro atoms. The second kappa shape index (κ2) is 5.38. The Bertz CT molecular complexity index is 542. The van der Waals surface area contributed by atoms with Crippen molar-refractivity contribution < 1.29 is 4.42 Å². The first-order valence-corrected chi connectivity index (χ1v) is 6.50. The van der Waals surface area contributed by atoms with Gasteiger partial charge in [-0.3, -0.25) is 0 Å². The van der Waals surface area contributed by atoms with Crippen LogP contribution in [0.1, 0.15) is 45.2 Å². The second-order valence-corrected chi connectivity index (χ2v) is 5.44. The van der Waals surface area contributed by atoms with Crippen LogP contribution in [0.4, 0.5) is 5.82 Å². The summed E-state index contributed by atoms with van der Waals surface area (Å²) in [7, 11) is 0. The Morgan fingerprint density at radius 3 is 2.68 bits per heavy atom. The van der Waals surface area contributed by atoms with E-state index in [1.807, 2.05) is 13.0 Å². The highest BCUT2D eigenvalue weighted by atomic mass is 16.4. The Balaban J connectivity index is 2.03. The third-order valence-corrected chi connectivity index (χ3v) is 2.70. The van der Waals surface area contributed by atoms with E-state index in [2.05, 4.69) is 41.0 Å². The Morgan fingerprint density at radius 1 is 1.26 bits per heavy atom. The highest BCUT2D eigenvalue weighted by Gasteiger charge is 2.17. The minimum atomic E-state index is -0.0595. The Labute approximate surface area is 113 Å². The molecule has 102 valence electrons. The monoisotopic (exact) mass is 260 g/mol. The van der Waals surface area contributed by atoms with Gasteiger partial charge in [-0.2, -0.15) is 0 Å². The van der Waals surface area contributed by atoms with E-state index in [0.717, 1.165) is 23.8 Å². The second-order valence-electron chi connectivity index (χ2n) is 5.44. The zero-order chi connectivity index (χ0) is 13.9. The first-order chi connectivity index (χ1) is 8.99. The molecule has 0 aliphatic heterocycles. The van der Waals surface area contributed by atoms with E-state index in [1.165, 1.54) is 0 Å². The van der Waals surface area contributed by atoms with E-state index in [1.54, 1.807) is 12.4 Å². The molecule has 0 saturated carbocycles. The van der Waals surface area contributed by atoms with Gasteiger partial charge in [-0.05, 0) is 6.07 Å². The maximum Gasteiger partial charge on any atom is 0.213 e. The largest absolute Gasteiger partial charge is 0.444 e. The van der Waals surface area contributed by atoms with Crippen LogP contribution in [0, 0.1) is 0 Å². The molecule has 1 N–H and O–H groups in total. The van der Waals surface area contributed by atoms with Gasteiger partial charge in [0, 0.05) is 18.0 Å². The molecule has 2 aromatic rings. The molecule has 2 aromatic heterocycles. The van der Waals surface area contributed by atoms with Gasteiger partial charge >= 0.3 is 0 Å². The molecular formula is C14H20N4O. The molecule has 5 nitrogen and oxygen atoms in total. The van der Waals surface area contributed by atoms with Crippen molar-refractivity contribution in [2.45, 2.75) is 46.1 Å². The highest BCUT2D eigenvalue weighted by molar-refractivity contribution is 5.33. The Kier molecular flexibility index (Phi) is 3.83. The van der Waals surface area contributed by atoms with Crippen molar-refractivity contribution in [3.8, 4) is 0 Å². The van der Waals surface area contributed by atoms with Gasteiger partial charge in [-0.25, -0.2) is 15.0 Å². The molecule has 0 radical (unpaired) electrons. The van der Waals surface area contributed by atoms with E-state index in [0.29, 0.717) is 12.4 Å². The predicted molar refractivity (Wildman–Crippen MR) is 73.9 cm³/mol. The number of rotatable bonds is 4. The average Bonchev–Trinajstić information content (AvgIpc) is 2.84. The smallest absolute Gasteiger partial charge is 0.213 e. The van der Waals surface area contributed by atoms with Crippen LogP contribution in [0.5, 0.6) is 0 Å². The SMILES string of the molecule is CCc1cnc(CNc2ccnc(C(C)(C)C)n2)o1. The summed E-state index contributed by atoms with van der Waals surface area (Å²) in [4.78, 5) is 13.0. The maximum atomic E-state index is 5.54. The lowest BCUT2D eigenvalue weighted by molar-refractivity contribution is 0.465. The van der Waals surface area contributed by atoms with Crippen LogP contribution < -0.4 is 5.32 Å². The Hall–Kier alpha value is -1.91. The van der Waals surface area contributed by atoms with Crippen LogP contribution >= 0.6 is 0 Å². The fraction of sp³-hybridized carbons (Fsp3) is 0.500. The fourth-order valence-corrected chi connectivity index (χ4v) is 1.58. The molecule has 5 heteroatoms. The molecular weight excluding hydrogens is 240 g/mol. The van der Waals surface area contributed by atoms with Gasteiger partial charge < -0.3 is 9.73 Å². The standard InChI is InChI=1S/C14H20N4O/c1-5-10-8-17-12(19-10)9-16-11-6-7-15-13(18-11)14(2,3)4/h6-8H,5,9H2,1-4H3,(H,15,16,18). The van der Waals surface area contributed by atoms with Crippen molar-refractivity contribution in [2.24, 2.45) is 0 Å². The van der Waals surface area contributed by atoms with Gasteiger partial charge in [-0.1, -0.05) is 27.7 Å². The molecule has 0 bridgehead atoms. The van der Waals surface area contributed by atoms with Crippen LogP contribution in [0.3, 0.4) is 0 Å². The summed E-state index contributed by atoms with van der Waals surface area (Å²) in [5.74, 6) is 3.18. The van der Waals surface area contributed by atoms with Crippen molar-refractivity contribution in [3.05, 3.63) is 35.9 Å². The summed E-state index contributed by atoms with van der Waals surface area (Å²) in [6.07, 6.45) is 4.38. The molecule has 0 atom stereocenters. The maximum absolute atomic E-state index is 5.54. The molecule has 0 saturated heterocycles. The lowest BCUT2D eigenvalue weighted by atomic mass is 9.96. The Morgan fingerprint density at radius 2 is 2.05 bits per heavy atom. The molecule has 2 heterocycles.